The third-order valence-electron chi connectivity index (χ3n) is 3.16. The average molecular weight is 305 g/mol. The van der Waals surface area contributed by atoms with Gasteiger partial charge in [0.1, 0.15) is 0 Å². The van der Waals surface area contributed by atoms with E-state index in [1.165, 1.54) is 0 Å². The molecule has 110 valence electrons. The van der Waals surface area contributed by atoms with Gasteiger partial charge >= 0.3 is 5.97 Å². The predicted octanol–water partition coefficient (Wildman–Crippen LogP) is 3.63. The van der Waals surface area contributed by atoms with E-state index < -0.39 is 5.54 Å². The molecule has 2 rings (SSSR count). The van der Waals surface area contributed by atoms with Crippen molar-refractivity contribution in [2.24, 2.45) is 0 Å². The zero-order chi connectivity index (χ0) is 15.3. The molecular formula is C16H17ClN2O2. The van der Waals surface area contributed by atoms with Crippen LogP contribution in [-0.4, -0.2) is 17.6 Å². The largest absolute Gasteiger partial charge is 0.464 e. The summed E-state index contributed by atoms with van der Waals surface area (Å²) in [4.78, 5) is 16.5. The van der Waals surface area contributed by atoms with Crippen LogP contribution in [0.1, 0.15) is 19.4 Å². The van der Waals surface area contributed by atoms with E-state index in [1.54, 1.807) is 44.4 Å². The molecule has 1 heterocycles. The van der Waals surface area contributed by atoms with Crippen molar-refractivity contribution in [3.63, 3.8) is 0 Å². The van der Waals surface area contributed by atoms with Crippen LogP contribution in [0.25, 0.3) is 0 Å². The molecule has 1 unspecified atom stereocenters. The van der Waals surface area contributed by atoms with Gasteiger partial charge in [-0.2, -0.15) is 0 Å². The number of rotatable bonds is 5. The summed E-state index contributed by atoms with van der Waals surface area (Å²) in [5.41, 5.74) is 0.496. The van der Waals surface area contributed by atoms with Gasteiger partial charge in [0, 0.05) is 28.7 Å². The summed E-state index contributed by atoms with van der Waals surface area (Å²) in [6.07, 6.45) is 3.32. The molecule has 1 atom stereocenters. The SMILES string of the molecule is CCOC(=O)C(C)(Nc1ccc(Cl)cc1)c1cccnc1. The number of nitrogens with one attached hydrogen (secondary N) is 1. The maximum atomic E-state index is 12.4. The van der Waals surface area contributed by atoms with E-state index in [2.05, 4.69) is 10.3 Å². The van der Waals surface area contributed by atoms with Gasteiger partial charge < -0.3 is 10.1 Å². The summed E-state index contributed by atoms with van der Waals surface area (Å²) in [5, 5.41) is 3.85. The Kier molecular flexibility index (Phi) is 4.81. The van der Waals surface area contributed by atoms with Crippen LogP contribution in [0.2, 0.25) is 5.02 Å². The number of hydrogen-bond donors (Lipinski definition) is 1. The molecule has 0 fully saturated rings. The van der Waals surface area contributed by atoms with Gasteiger partial charge in [-0.05, 0) is 44.2 Å². The van der Waals surface area contributed by atoms with Gasteiger partial charge in [0.15, 0.2) is 5.54 Å². The zero-order valence-electron chi connectivity index (χ0n) is 12.0. The number of nitrogens with zero attached hydrogens (tertiary/aromatic N) is 1. The van der Waals surface area contributed by atoms with Crippen LogP contribution < -0.4 is 5.32 Å². The van der Waals surface area contributed by atoms with Crippen molar-refractivity contribution in [3.05, 3.63) is 59.4 Å². The molecule has 0 aliphatic rings. The number of benzene rings is 1. The Morgan fingerprint density at radius 3 is 2.62 bits per heavy atom. The average Bonchev–Trinajstić information content (AvgIpc) is 2.50. The number of aromatic nitrogens is 1. The van der Waals surface area contributed by atoms with E-state index in [9.17, 15) is 4.79 Å². The number of pyridine rings is 1. The number of esters is 1. The first kappa shape index (κ1) is 15.3. The highest BCUT2D eigenvalue weighted by Gasteiger charge is 2.37. The Morgan fingerprint density at radius 2 is 2.05 bits per heavy atom. The first-order valence-corrected chi connectivity index (χ1v) is 7.05. The molecule has 21 heavy (non-hydrogen) atoms. The predicted molar refractivity (Wildman–Crippen MR) is 83.3 cm³/mol. The maximum absolute atomic E-state index is 12.4. The molecule has 0 amide bonds. The van der Waals surface area contributed by atoms with Crippen molar-refractivity contribution in [2.75, 3.05) is 11.9 Å². The number of carbonyl (C=O) groups excluding carboxylic acids is 1. The summed E-state index contributed by atoms with van der Waals surface area (Å²) < 4.78 is 5.20. The van der Waals surface area contributed by atoms with Gasteiger partial charge in [-0.1, -0.05) is 17.7 Å². The maximum Gasteiger partial charge on any atom is 0.336 e. The summed E-state index contributed by atoms with van der Waals surface area (Å²) in [6, 6.07) is 10.8. The molecule has 0 saturated heterocycles. The van der Waals surface area contributed by atoms with E-state index in [4.69, 9.17) is 16.3 Å². The standard InChI is InChI=1S/C16H17ClN2O2/c1-3-21-15(20)16(2,12-5-4-10-18-11-12)19-14-8-6-13(17)7-9-14/h4-11,19H,3H2,1-2H3. The van der Waals surface area contributed by atoms with E-state index in [1.807, 2.05) is 18.2 Å². The van der Waals surface area contributed by atoms with Crippen LogP contribution >= 0.6 is 11.6 Å². The van der Waals surface area contributed by atoms with Crippen LogP contribution in [0.3, 0.4) is 0 Å². The van der Waals surface area contributed by atoms with Gasteiger partial charge in [-0.25, -0.2) is 4.79 Å². The summed E-state index contributed by atoms with van der Waals surface area (Å²) in [5.74, 6) is -0.354. The number of carbonyl (C=O) groups is 1. The van der Waals surface area contributed by atoms with Gasteiger partial charge in [0.2, 0.25) is 0 Å². The minimum absolute atomic E-state index is 0.316. The fraction of sp³-hybridized carbons (Fsp3) is 0.250. The van der Waals surface area contributed by atoms with Crippen LogP contribution in [-0.2, 0) is 15.1 Å². The molecule has 0 saturated carbocycles. The quantitative estimate of drug-likeness (QED) is 0.857. The van der Waals surface area contributed by atoms with Gasteiger partial charge in [0.05, 0.1) is 6.61 Å². The van der Waals surface area contributed by atoms with Crippen molar-refractivity contribution in [1.82, 2.24) is 4.98 Å². The van der Waals surface area contributed by atoms with E-state index >= 15 is 0 Å². The van der Waals surface area contributed by atoms with Crippen molar-refractivity contribution >= 4 is 23.3 Å². The Bertz CT molecular complexity index is 601. The Balaban J connectivity index is 2.36. The molecule has 1 aromatic carbocycles. The highest BCUT2D eigenvalue weighted by atomic mass is 35.5. The van der Waals surface area contributed by atoms with Gasteiger partial charge in [-0.3, -0.25) is 4.98 Å². The molecule has 0 aliphatic carbocycles. The summed E-state index contributed by atoms with van der Waals surface area (Å²) in [7, 11) is 0. The van der Waals surface area contributed by atoms with E-state index in [0.29, 0.717) is 11.6 Å². The molecular weight excluding hydrogens is 288 g/mol. The third-order valence-corrected chi connectivity index (χ3v) is 3.41. The lowest BCUT2D eigenvalue weighted by atomic mass is 9.93. The lowest BCUT2D eigenvalue weighted by molar-refractivity contribution is -0.148. The minimum Gasteiger partial charge on any atom is -0.464 e. The van der Waals surface area contributed by atoms with Crippen LogP contribution in [0.4, 0.5) is 5.69 Å². The molecule has 5 heteroatoms. The molecule has 0 radical (unpaired) electrons. The van der Waals surface area contributed by atoms with Crippen molar-refractivity contribution < 1.29 is 9.53 Å². The zero-order valence-corrected chi connectivity index (χ0v) is 12.7. The molecule has 0 bridgehead atoms. The van der Waals surface area contributed by atoms with Gasteiger partial charge in [-0.15, -0.1) is 0 Å². The van der Waals surface area contributed by atoms with Crippen molar-refractivity contribution in [3.8, 4) is 0 Å². The smallest absolute Gasteiger partial charge is 0.336 e. The fourth-order valence-electron chi connectivity index (χ4n) is 2.00. The van der Waals surface area contributed by atoms with Crippen LogP contribution in [0.15, 0.2) is 48.8 Å². The molecule has 0 spiro atoms. The van der Waals surface area contributed by atoms with E-state index in [-0.39, 0.29) is 5.97 Å². The fourth-order valence-corrected chi connectivity index (χ4v) is 2.12. The lowest BCUT2D eigenvalue weighted by Gasteiger charge is -2.29. The van der Waals surface area contributed by atoms with Crippen molar-refractivity contribution in [2.45, 2.75) is 19.4 Å². The minimum atomic E-state index is -1.02. The van der Waals surface area contributed by atoms with Crippen LogP contribution in [0, 0.1) is 0 Å². The lowest BCUT2D eigenvalue weighted by Crippen LogP contribution is -2.42. The number of halogens is 1. The second-order valence-electron chi connectivity index (χ2n) is 4.72. The number of anilines is 1. The highest BCUT2D eigenvalue weighted by Crippen LogP contribution is 2.28. The molecule has 0 aliphatic heterocycles. The normalized spacial score (nSPS) is 13.3. The molecule has 2 aromatic rings. The van der Waals surface area contributed by atoms with E-state index in [0.717, 1.165) is 11.3 Å². The summed E-state index contributed by atoms with van der Waals surface area (Å²) >= 11 is 5.88. The van der Waals surface area contributed by atoms with Crippen molar-refractivity contribution in [1.29, 1.82) is 0 Å². The van der Waals surface area contributed by atoms with Gasteiger partial charge in [0.25, 0.3) is 0 Å². The molecule has 4 nitrogen and oxygen atoms in total. The second-order valence-corrected chi connectivity index (χ2v) is 5.16. The molecule has 1 N–H and O–H groups in total. The topological polar surface area (TPSA) is 51.2 Å². The Morgan fingerprint density at radius 1 is 1.33 bits per heavy atom. The van der Waals surface area contributed by atoms with Crippen LogP contribution in [0.5, 0.6) is 0 Å². The molecule has 1 aromatic heterocycles. The monoisotopic (exact) mass is 304 g/mol. The second kappa shape index (κ2) is 6.59. The first-order chi connectivity index (χ1) is 10.1. The highest BCUT2D eigenvalue weighted by molar-refractivity contribution is 6.30. The summed E-state index contributed by atoms with van der Waals surface area (Å²) in [6.45, 7) is 3.87. The number of ether oxygens (including phenoxy) is 1. The Hall–Kier alpha value is -2.07. The third kappa shape index (κ3) is 3.52. The first-order valence-electron chi connectivity index (χ1n) is 6.67. The Labute approximate surface area is 129 Å². The number of hydrogen-bond acceptors (Lipinski definition) is 4.